The van der Waals surface area contributed by atoms with Gasteiger partial charge in [0.05, 0.1) is 13.2 Å². The van der Waals surface area contributed by atoms with Crippen LogP contribution in [0.25, 0.3) is 10.9 Å². The van der Waals surface area contributed by atoms with Crippen LogP contribution in [0.3, 0.4) is 0 Å². The first kappa shape index (κ1) is 11.6. The van der Waals surface area contributed by atoms with Crippen molar-refractivity contribution >= 4 is 10.9 Å². The van der Waals surface area contributed by atoms with Gasteiger partial charge < -0.3 is 19.8 Å². The fourth-order valence-corrected chi connectivity index (χ4v) is 2.43. The van der Waals surface area contributed by atoms with Crippen molar-refractivity contribution in [3.63, 3.8) is 0 Å². The maximum atomic E-state index is 5.91. The van der Waals surface area contributed by atoms with Gasteiger partial charge in [-0.05, 0) is 31.2 Å². The highest BCUT2D eigenvalue weighted by Gasteiger charge is 2.18. The molecule has 0 saturated carbocycles. The molecule has 0 amide bonds. The number of hydrogen-bond acceptors (Lipinski definition) is 3. The monoisotopic (exact) mass is 246 g/mol. The first-order valence-electron chi connectivity index (χ1n) is 6.36. The minimum Gasteiger partial charge on any atom is -0.497 e. The van der Waals surface area contributed by atoms with Crippen molar-refractivity contribution in [2.24, 2.45) is 0 Å². The number of fused-ring (bicyclic) bond motifs is 1. The highest BCUT2D eigenvalue weighted by Crippen LogP contribution is 2.29. The number of H-pyrrole nitrogens is 1. The van der Waals surface area contributed by atoms with Crippen LogP contribution in [0.15, 0.2) is 24.4 Å². The van der Waals surface area contributed by atoms with E-state index in [0.717, 1.165) is 37.4 Å². The summed E-state index contributed by atoms with van der Waals surface area (Å²) in [6.07, 6.45) is 3.23. The summed E-state index contributed by atoms with van der Waals surface area (Å²) in [5.74, 6) is 0.880. The molecule has 1 aromatic heterocycles. The summed E-state index contributed by atoms with van der Waals surface area (Å²) in [5.41, 5.74) is 2.33. The number of rotatable bonds is 2. The van der Waals surface area contributed by atoms with E-state index in [2.05, 4.69) is 16.4 Å². The molecule has 1 fully saturated rings. The number of aromatic nitrogens is 1. The van der Waals surface area contributed by atoms with Gasteiger partial charge in [-0.25, -0.2) is 0 Å². The average Bonchev–Trinajstić information content (AvgIpc) is 2.64. The largest absolute Gasteiger partial charge is 0.497 e. The van der Waals surface area contributed by atoms with Gasteiger partial charge in [0.25, 0.3) is 0 Å². The predicted octanol–water partition coefficient (Wildman–Crippen LogP) is 2.23. The summed E-state index contributed by atoms with van der Waals surface area (Å²) in [6.45, 7) is 2.71. The molecule has 0 spiro atoms. The van der Waals surface area contributed by atoms with Crippen LogP contribution in [0, 0.1) is 0 Å². The Hall–Kier alpha value is -1.52. The molecule has 96 valence electrons. The summed E-state index contributed by atoms with van der Waals surface area (Å²) >= 11 is 0. The molecule has 1 atom stereocenters. The van der Waals surface area contributed by atoms with Crippen LogP contribution in [0.4, 0.5) is 0 Å². The van der Waals surface area contributed by atoms with Gasteiger partial charge in [0.1, 0.15) is 5.75 Å². The number of benzene rings is 1. The number of nitrogens with one attached hydrogen (secondary N) is 2. The summed E-state index contributed by atoms with van der Waals surface area (Å²) in [6, 6.07) is 6.08. The zero-order valence-corrected chi connectivity index (χ0v) is 10.5. The Morgan fingerprint density at radius 1 is 1.39 bits per heavy atom. The quantitative estimate of drug-likeness (QED) is 0.854. The van der Waals surface area contributed by atoms with Gasteiger partial charge in [-0.2, -0.15) is 0 Å². The van der Waals surface area contributed by atoms with Gasteiger partial charge in [-0.15, -0.1) is 0 Å². The van der Waals surface area contributed by atoms with Crippen molar-refractivity contribution in [1.29, 1.82) is 0 Å². The van der Waals surface area contributed by atoms with E-state index in [1.807, 2.05) is 18.3 Å². The second kappa shape index (κ2) is 5.00. The third-order valence-corrected chi connectivity index (χ3v) is 3.41. The number of methoxy groups -OCH3 is 1. The van der Waals surface area contributed by atoms with Crippen molar-refractivity contribution in [2.75, 3.05) is 26.8 Å². The minimum absolute atomic E-state index is 0.119. The summed E-state index contributed by atoms with van der Waals surface area (Å²) in [4.78, 5) is 3.29. The normalized spacial score (nSPS) is 20.8. The Morgan fingerprint density at radius 3 is 3.22 bits per heavy atom. The summed E-state index contributed by atoms with van der Waals surface area (Å²) in [5, 5.41) is 4.59. The van der Waals surface area contributed by atoms with Gasteiger partial charge in [-0.1, -0.05) is 0 Å². The Labute approximate surface area is 106 Å². The maximum Gasteiger partial charge on any atom is 0.119 e. The Kier molecular flexibility index (Phi) is 3.21. The Balaban J connectivity index is 1.99. The first-order valence-corrected chi connectivity index (χ1v) is 6.36. The Bertz CT molecular complexity index is 528. The molecular weight excluding hydrogens is 228 g/mol. The van der Waals surface area contributed by atoms with Crippen LogP contribution in [-0.4, -0.2) is 31.8 Å². The van der Waals surface area contributed by atoms with Crippen molar-refractivity contribution in [1.82, 2.24) is 10.3 Å². The molecule has 1 aromatic carbocycles. The van der Waals surface area contributed by atoms with E-state index in [1.54, 1.807) is 7.11 Å². The number of ether oxygens (including phenoxy) is 2. The lowest BCUT2D eigenvalue weighted by molar-refractivity contribution is 0.0679. The standard InChI is InChI=1S/C14H18N2O2/c1-17-10-3-4-13-11(7-10)12(8-16-13)14-9-15-5-2-6-18-14/h3-4,7-8,14-16H,2,5-6,9H2,1H3. The maximum absolute atomic E-state index is 5.91. The predicted molar refractivity (Wildman–Crippen MR) is 71.0 cm³/mol. The van der Waals surface area contributed by atoms with E-state index in [9.17, 15) is 0 Å². The van der Waals surface area contributed by atoms with Crippen LogP contribution < -0.4 is 10.1 Å². The average molecular weight is 246 g/mol. The molecule has 3 rings (SSSR count). The van der Waals surface area contributed by atoms with Crippen molar-refractivity contribution in [3.05, 3.63) is 30.0 Å². The van der Waals surface area contributed by atoms with Gasteiger partial charge in [-0.3, -0.25) is 0 Å². The van der Waals surface area contributed by atoms with Crippen LogP contribution in [0.5, 0.6) is 5.75 Å². The zero-order valence-electron chi connectivity index (χ0n) is 10.5. The molecule has 4 heteroatoms. The lowest BCUT2D eigenvalue weighted by Gasteiger charge is -2.14. The molecule has 1 aliphatic heterocycles. The molecular formula is C14H18N2O2. The first-order chi connectivity index (χ1) is 8.88. The molecule has 1 aliphatic rings. The topological polar surface area (TPSA) is 46.3 Å². The van der Waals surface area contributed by atoms with E-state index in [0.29, 0.717) is 0 Å². The smallest absolute Gasteiger partial charge is 0.119 e. The van der Waals surface area contributed by atoms with E-state index in [-0.39, 0.29) is 6.10 Å². The second-order valence-electron chi connectivity index (χ2n) is 4.57. The second-order valence-corrected chi connectivity index (χ2v) is 4.57. The summed E-state index contributed by atoms with van der Waals surface area (Å²) < 4.78 is 11.2. The van der Waals surface area contributed by atoms with Gasteiger partial charge >= 0.3 is 0 Å². The fourth-order valence-electron chi connectivity index (χ4n) is 2.43. The lowest BCUT2D eigenvalue weighted by atomic mass is 10.1. The van der Waals surface area contributed by atoms with Gasteiger partial charge in [0.2, 0.25) is 0 Å². The molecule has 4 nitrogen and oxygen atoms in total. The van der Waals surface area contributed by atoms with Crippen LogP contribution in [0.1, 0.15) is 18.1 Å². The SMILES string of the molecule is COc1ccc2[nH]cc(C3CNCCCO3)c2c1. The molecule has 0 aliphatic carbocycles. The van der Waals surface area contributed by atoms with Gasteiger partial charge in [0, 0.05) is 35.8 Å². The molecule has 18 heavy (non-hydrogen) atoms. The molecule has 2 N–H and O–H groups in total. The van der Waals surface area contributed by atoms with E-state index >= 15 is 0 Å². The van der Waals surface area contributed by atoms with Crippen LogP contribution in [-0.2, 0) is 4.74 Å². The highest BCUT2D eigenvalue weighted by atomic mass is 16.5. The molecule has 1 unspecified atom stereocenters. The minimum atomic E-state index is 0.119. The fraction of sp³-hybridized carbons (Fsp3) is 0.429. The molecule has 2 heterocycles. The third-order valence-electron chi connectivity index (χ3n) is 3.41. The molecule has 0 bridgehead atoms. The highest BCUT2D eigenvalue weighted by molar-refractivity contribution is 5.85. The molecule has 0 radical (unpaired) electrons. The third kappa shape index (κ3) is 2.09. The molecule has 1 saturated heterocycles. The van der Waals surface area contributed by atoms with E-state index in [4.69, 9.17) is 9.47 Å². The van der Waals surface area contributed by atoms with Crippen molar-refractivity contribution in [2.45, 2.75) is 12.5 Å². The number of aromatic amines is 1. The Morgan fingerprint density at radius 2 is 2.33 bits per heavy atom. The van der Waals surface area contributed by atoms with Crippen molar-refractivity contribution in [3.8, 4) is 5.75 Å². The lowest BCUT2D eigenvalue weighted by Crippen LogP contribution is -2.19. The van der Waals surface area contributed by atoms with E-state index in [1.165, 1.54) is 10.9 Å². The van der Waals surface area contributed by atoms with Crippen LogP contribution in [0.2, 0.25) is 0 Å². The van der Waals surface area contributed by atoms with Crippen LogP contribution >= 0.6 is 0 Å². The van der Waals surface area contributed by atoms with Crippen molar-refractivity contribution < 1.29 is 9.47 Å². The van der Waals surface area contributed by atoms with Gasteiger partial charge in [0.15, 0.2) is 0 Å². The zero-order chi connectivity index (χ0) is 12.4. The number of hydrogen-bond donors (Lipinski definition) is 2. The van der Waals surface area contributed by atoms with E-state index < -0.39 is 0 Å². The summed E-state index contributed by atoms with van der Waals surface area (Å²) in [7, 11) is 1.69. The molecule has 2 aromatic rings.